The second-order valence-corrected chi connectivity index (χ2v) is 9.11. The molecule has 3 rings (SSSR count). The summed E-state index contributed by atoms with van der Waals surface area (Å²) in [5.41, 5.74) is -0.0359. The number of rotatable bonds is 6. The van der Waals surface area contributed by atoms with Gasteiger partial charge in [0, 0.05) is 25.6 Å². The van der Waals surface area contributed by atoms with Crippen LogP contribution >= 0.6 is 0 Å². The maximum Gasteiger partial charge on any atom is 0.407 e. The number of carbonyl (C=O) groups is 2. The van der Waals surface area contributed by atoms with E-state index in [0.717, 1.165) is 25.7 Å². The van der Waals surface area contributed by atoms with E-state index in [9.17, 15) is 14.4 Å². The zero-order valence-corrected chi connectivity index (χ0v) is 18.5. The lowest BCUT2D eigenvalue weighted by atomic mass is 9.84. The Morgan fingerprint density at radius 1 is 1.19 bits per heavy atom. The Labute approximate surface area is 182 Å². The lowest BCUT2D eigenvalue weighted by Gasteiger charge is -2.32. The summed E-state index contributed by atoms with van der Waals surface area (Å²) < 4.78 is 6.78. The van der Waals surface area contributed by atoms with Crippen molar-refractivity contribution in [3.8, 4) is 0 Å². The van der Waals surface area contributed by atoms with Crippen LogP contribution in [0.25, 0.3) is 10.9 Å². The number of carbonyl (C=O) groups excluding carboxylic acids is 2. The number of nitrogens with one attached hydrogen (secondary N) is 2. The van der Waals surface area contributed by atoms with Crippen molar-refractivity contribution in [3.05, 3.63) is 40.9 Å². The second-order valence-electron chi connectivity index (χ2n) is 9.11. The van der Waals surface area contributed by atoms with Crippen LogP contribution in [0.2, 0.25) is 0 Å². The summed E-state index contributed by atoms with van der Waals surface area (Å²) in [6, 6.07) is 7.18. The van der Waals surface area contributed by atoms with E-state index in [1.165, 1.54) is 10.9 Å². The van der Waals surface area contributed by atoms with Crippen molar-refractivity contribution in [1.29, 1.82) is 0 Å². The highest BCUT2D eigenvalue weighted by molar-refractivity contribution is 5.77. The molecule has 8 heteroatoms. The van der Waals surface area contributed by atoms with Gasteiger partial charge in [-0.1, -0.05) is 25.0 Å². The topological polar surface area (TPSA) is 102 Å². The first kappa shape index (κ1) is 22.8. The van der Waals surface area contributed by atoms with Crippen molar-refractivity contribution >= 4 is 22.9 Å². The Morgan fingerprint density at radius 2 is 1.94 bits per heavy atom. The van der Waals surface area contributed by atoms with Gasteiger partial charge in [0.25, 0.3) is 5.56 Å². The van der Waals surface area contributed by atoms with Gasteiger partial charge in [-0.25, -0.2) is 9.78 Å². The first-order chi connectivity index (χ1) is 14.7. The van der Waals surface area contributed by atoms with Crippen LogP contribution < -0.4 is 16.2 Å². The van der Waals surface area contributed by atoms with E-state index in [1.807, 2.05) is 26.8 Å². The largest absolute Gasteiger partial charge is 0.444 e. The van der Waals surface area contributed by atoms with E-state index >= 15 is 0 Å². The second kappa shape index (κ2) is 9.94. The van der Waals surface area contributed by atoms with Gasteiger partial charge >= 0.3 is 6.09 Å². The third-order valence-electron chi connectivity index (χ3n) is 5.47. The van der Waals surface area contributed by atoms with Crippen molar-refractivity contribution in [2.75, 3.05) is 6.54 Å². The fourth-order valence-corrected chi connectivity index (χ4v) is 3.94. The first-order valence-corrected chi connectivity index (χ1v) is 10.9. The summed E-state index contributed by atoms with van der Waals surface area (Å²) in [5.74, 6) is 0.0597. The third-order valence-corrected chi connectivity index (χ3v) is 5.47. The zero-order valence-electron chi connectivity index (χ0n) is 18.5. The molecule has 2 atom stereocenters. The highest BCUT2D eigenvalue weighted by Gasteiger charge is 2.27. The van der Waals surface area contributed by atoms with Crippen LogP contribution in [-0.4, -0.2) is 39.7 Å². The normalized spacial score (nSPS) is 19.1. The molecule has 2 aromatic rings. The molecule has 1 heterocycles. The van der Waals surface area contributed by atoms with E-state index in [0.29, 0.717) is 17.4 Å². The predicted molar refractivity (Wildman–Crippen MR) is 119 cm³/mol. The molecule has 0 bridgehead atoms. The predicted octanol–water partition coefficient (Wildman–Crippen LogP) is 2.99. The van der Waals surface area contributed by atoms with Crippen molar-refractivity contribution in [1.82, 2.24) is 20.2 Å². The standard InChI is InChI=1S/C23H32N4O4/c1-23(2,3)31-22(30)24-14-16-8-4-6-10-18(16)26-20(28)12-13-27-15-25-19-11-7-5-9-17(19)21(27)29/h5,7,9,11,15-16,18H,4,6,8,10,12-14H2,1-3H3,(H,24,30)(H,26,28). The molecular formula is C23H32N4O4. The lowest BCUT2D eigenvalue weighted by Crippen LogP contribution is -2.47. The van der Waals surface area contributed by atoms with Crippen LogP contribution in [0.5, 0.6) is 0 Å². The quantitative estimate of drug-likeness (QED) is 0.736. The SMILES string of the molecule is CC(C)(C)OC(=O)NCC1CCCCC1NC(=O)CCn1cnc2ccccc2c1=O. The molecule has 1 aromatic heterocycles. The van der Waals surface area contributed by atoms with Gasteiger partial charge in [0.1, 0.15) is 5.60 Å². The van der Waals surface area contributed by atoms with Gasteiger partial charge in [-0.2, -0.15) is 0 Å². The number of alkyl carbamates (subject to hydrolysis) is 1. The van der Waals surface area contributed by atoms with Gasteiger partial charge in [0.05, 0.1) is 17.2 Å². The summed E-state index contributed by atoms with van der Waals surface area (Å²) in [6.45, 7) is 6.22. The van der Waals surface area contributed by atoms with Crippen molar-refractivity contribution < 1.29 is 14.3 Å². The van der Waals surface area contributed by atoms with Crippen LogP contribution in [0.4, 0.5) is 4.79 Å². The van der Waals surface area contributed by atoms with Crippen LogP contribution in [0.3, 0.4) is 0 Å². The van der Waals surface area contributed by atoms with E-state index < -0.39 is 11.7 Å². The van der Waals surface area contributed by atoms with Gasteiger partial charge in [0.2, 0.25) is 5.91 Å². The number of amides is 2. The number of hydrogen-bond donors (Lipinski definition) is 2. The van der Waals surface area contributed by atoms with Crippen molar-refractivity contribution in [3.63, 3.8) is 0 Å². The number of nitrogens with zero attached hydrogens (tertiary/aromatic N) is 2. The zero-order chi connectivity index (χ0) is 22.4. The molecule has 1 aliphatic carbocycles. The molecule has 0 radical (unpaired) electrons. The Balaban J connectivity index is 1.53. The summed E-state index contributed by atoms with van der Waals surface area (Å²) >= 11 is 0. The molecule has 1 aliphatic rings. The van der Waals surface area contributed by atoms with Crippen molar-refractivity contribution in [2.45, 2.75) is 71.1 Å². The monoisotopic (exact) mass is 428 g/mol. The average molecular weight is 429 g/mol. The molecule has 2 unspecified atom stereocenters. The molecule has 1 fully saturated rings. The summed E-state index contributed by atoms with van der Waals surface area (Å²) in [7, 11) is 0. The number of fused-ring (bicyclic) bond motifs is 1. The van der Waals surface area contributed by atoms with Gasteiger partial charge in [-0.3, -0.25) is 14.2 Å². The summed E-state index contributed by atoms with van der Waals surface area (Å²) in [4.78, 5) is 41.4. The van der Waals surface area contributed by atoms with E-state index in [2.05, 4.69) is 15.6 Å². The minimum Gasteiger partial charge on any atom is -0.444 e. The maximum atomic E-state index is 12.6. The minimum atomic E-state index is -0.542. The number of benzene rings is 1. The number of ether oxygens (including phenoxy) is 1. The molecule has 0 saturated heterocycles. The van der Waals surface area contributed by atoms with E-state index in [1.54, 1.807) is 18.2 Å². The van der Waals surface area contributed by atoms with Crippen LogP contribution in [0.15, 0.2) is 35.4 Å². The van der Waals surface area contributed by atoms with Crippen LogP contribution in [0.1, 0.15) is 52.9 Å². The van der Waals surface area contributed by atoms with E-state index in [4.69, 9.17) is 4.74 Å². The van der Waals surface area contributed by atoms with Crippen molar-refractivity contribution in [2.24, 2.45) is 5.92 Å². The number of aryl methyl sites for hydroxylation is 1. The maximum absolute atomic E-state index is 12.6. The Kier molecular flexibility index (Phi) is 7.30. The third kappa shape index (κ3) is 6.54. The molecule has 2 N–H and O–H groups in total. The molecule has 0 spiro atoms. The fraction of sp³-hybridized carbons (Fsp3) is 0.565. The highest BCUT2D eigenvalue weighted by Crippen LogP contribution is 2.24. The number of para-hydroxylation sites is 1. The number of aromatic nitrogens is 2. The van der Waals surface area contributed by atoms with Crippen LogP contribution in [0, 0.1) is 5.92 Å². The molecule has 168 valence electrons. The summed E-state index contributed by atoms with van der Waals surface area (Å²) in [6.07, 6.45) is 5.19. The highest BCUT2D eigenvalue weighted by atomic mass is 16.6. The molecule has 31 heavy (non-hydrogen) atoms. The van der Waals surface area contributed by atoms with E-state index in [-0.39, 0.29) is 36.4 Å². The van der Waals surface area contributed by atoms with Crippen LogP contribution in [-0.2, 0) is 16.1 Å². The average Bonchev–Trinajstić information content (AvgIpc) is 2.71. The summed E-state index contributed by atoms with van der Waals surface area (Å²) in [5, 5.41) is 6.48. The Morgan fingerprint density at radius 3 is 2.71 bits per heavy atom. The van der Waals surface area contributed by atoms with Gasteiger partial charge in [0.15, 0.2) is 0 Å². The molecular weight excluding hydrogens is 396 g/mol. The molecule has 0 aliphatic heterocycles. The minimum absolute atomic E-state index is 0.00244. The first-order valence-electron chi connectivity index (χ1n) is 10.9. The molecule has 8 nitrogen and oxygen atoms in total. The van der Waals surface area contributed by atoms with Gasteiger partial charge in [-0.05, 0) is 51.7 Å². The van der Waals surface area contributed by atoms with Gasteiger partial charge < -0.3 is 15.4 Å². The number of hydrogen-bond acceptors (Lipinski definition) is 5. The lowest BCUT2D eigenvalue weighted by molar-refractivity contribution is -0.122. The molecule has 2 amide bonds. The molecule has 1 aromatic carbocycles. The smallest absolute Gasteiger partial charge is 0.407 e. The molecule has 1 saturated carbocycles. The Bertz CT molecular complexity index is 979. The Hall–Kier alpha value is -2.90. The van der Waals surface area contributed by atoms with Gasteiger partial charge in [-0.15, -0.1) is 0 Å². The fourth-order valence-electron chi connectivity index (χ4n) is 3.94.